The maximum absolute atomic E-state index is 14.0. The third-order valence-electron chi connectivity index (χ3n) is 5.29. The highest BCUT2D eigenvalue weighted by atomic mass is 19.1. The van der Waals surface area contributed by atoms with E-state index in [4.69, 9.17) is 4.52 Å². The van der Waals surface area contributed by atoms with Gasteiger partial charge in [0.15, 0.2) is 0 Å². The summed E-state index contributed by atoms with van der Waals surface area (Å²) >= 11 is 0. The molecule has 1 amide bonds. The summed E-state index contributed by atoms with van der Waals surface area (Å²) < 4.78 is 19.4. The monoisotopic (exact) mass is 379 g/mol. The molecule has 1 fully saturated rings. The molecule has 0 saturated carbocycles. The van der Waals surface area contributed by atoms with Crippen LogP contribution in [-0.4, -0.2) is 33.5 Å². The van der Waals surface area contributed by atoms with Crippen LogP contribution in [-0.2, 0) is 0 Å². The van der Waals surface area contributed by atoms with Crippen molar-refractivity contribution in [2.75, 3.05) is 6.54 Å². The zero-order valence-corrected chi connectivity index (χ0v) is 15.8. The minimum atomic E-state index is -0.418. The molecule has 1 aromatic heterocycles. The molecule has 1 aliphatic rings. The zero-order valence-electron chi connectivity index (χ0n) is 15.8. The van der Waals surface area contributed by atoms with Crippen LogP contribution in [0.4, 0.5) is 4.39 Å². The lowest BCUT2D eigenvalue weighted by atomic mass is 9.97. The number of benzene rings is 2. The van der Waals surface area contributed by atoms with E-state index < -0.39 is 5.82 Å². The van der Waals surface area contributed by atoms with Gasteiger partial charge < -0.3 is 9.42 Å². The van der Waals surface area contributed by atoms with Gasteiger partial charge in [0.2, 0.25) is 5.82 Å². The number of hydrogen-bond donors (Lipinski definition) is 0. The van der Waals surface area contributed by atoms with Gasteiger partial charge in [-0.05, 0) is 49.9 Å². The van der Waals surface area contributed by atoms with Gasteiger partial charge in [0.25, 0.3) is 11.8 Å². The van der Waals surface area contributed by atoms with Crippen molar-refractivity contribution < 1.29 is 13.7 Å². The number of carbonyl (C=O) groups is 1. The van der Waals surface area contributed by atoms with Crippen molar-refractivity contribution in [1.29, 1.82) is 0 Å². The predicted molar refractivity (Wildman–Crippen MR) is 104 cm³/mol. The highest BCUT2D eigenvalue weighted by Crippen LogP contribution is 2.29. The molecular formula is C22H22FN3O2. The van der Waals surface area contributed by atoms with E-state index in [1.807, 2.05) is 17.0 Å². The quantitative estimate of drug-likeness (QED) is 0.644. The van der Waals surface area contributed by atoms with Gasteiger partial charge in [-0.1, -0.05) is 36.3 Å². The molecule has 0 aliphatic carbocycles. The first kappa shape index (κ1) is 18.3. The van der Waals surface area contributed by atoms with E-state index in [-0.39, 0.29) is 29.2 Å². The van der Waals surface area contributed by atoms with Gasteiger partial charge in [-0.2, -0.15) is 4.98 Å². The molecule has 1 saturated heterocycles. The van der Waals surface area contributed by atoms with E-state index >= 15 is 0 Å². The molecule has 5 nitrogen and oxygen atoms in total. The lowest BCUT2D eigenvalue weighted by Gasteiger charge is -2.35. The van der Waals surface area contributed by atoms with Crippen molar-refractivity contribution >= 4 is 5.91 Å². The van der Waals surface area contributed by atoms with Crippen LogP contribution in [0, 0.1) is 5.82 Å². The maximum atomic E-state index is 14.0. The van der Waals surface area contributed by atoms with Crippen molar-refractivity contribution in [1.82, 2.24) is 15.0 Å². The number of halogens is 1. The summed E-state index contributed by atoms with van der Waals surface area (Å²) in [7, 11) is 0. The summed E-state index contributed by atoms with van der Waals surface area (Å²) in [5.74, 6) is -0.0573. The summed E-state index contributed by atoms with van der Waals surface area (Å²) in [5, 5.41) is 3.92. The second kappa shape index (κ2) is 7.92. The van der Waals surface area contributed by atoms with E-state index in [0.29, 0.717) is 11.1 Å². The Morgan fingerprint density at radius 3 is 2.68 bits per heavy atom. The van der Waals surface area contributed by atoms with Gasteiger partial charge in [-0.15, -0.1) is 0 Å². The zero-order chi connectivity index (χ0) is 19.5. The first-order valence-corrected chi connectivity index (χ1v) is 9.68. The number of piperidine rings is 1. The molecule has 144 valence electrons. The normalized spacial score (nSPS) is 16.9. The third kappa shape index (κ3) is 3.42. The molecule has 0 N–H and O–H groups in total. The van der Waals surface area contributed by atoms with Crippen LogP contribution >= 0.6 is 0 Å². The Bertz CT molecular complexity index is 985. The van der Waals surface area contributed by atoms with Gasteiger partial charge in [-0.25, -0.2) is 4.39 Å². The Morgan fingerprint density at radius 1 is 1.14 bits per heavy atom. The molecule has 3 aromatic rings. The maximum Gasteiger partial charge on any atom is 0.259 e. The lowest BCUT2D eigenvalue weighted by Crippen LogP contribution is -2.43. The third-order valence-corrected chi connectivity index (χ3v) is 5.29. The molecule has 1 atom stereocenters. The highest BCUT2D eigenvalue weighted by molar-refractivity contribution is 6.00. The number of nitrogens with zero attached hydrogens (tertiary/aromatic N) is 3. The fraction of sp³-hybridized carbons (Fsp3) is 0.318. The minimum absolute atomic E-state index is 0.0206. The van der Waals surface area contributed by atoms with Crippen LogP contribution in [0.2, 0.25) is 0 Å². The second-order valence-corrected chi connectivity index (χ2v) is 7.00. The summed E-state index contributed by atoms with van der Waals surface area (Å²) in [4.78, 5) is 19.6. The fourth-order valence-electron chi connectivity index (χ4n) is 3.79. The highest BCUT2D eigenvalue weighted by Gasteiger charge is 2.28. The first-order chi connectivity index (χ1) is 13.7. The van der Waals surface area contributed by atoms with Crippen molar-refractivity contribution in [3.8, 4) is 22.8 Å². The van der Waals surface area contributed by atoms with Crippen LogP contribution in [0.15, 0.2) is 53.1 Å². The average Bonchev–Trinajstić information content (AvgIpc) is 3.23. The molecule has 28 heavy (non-hydrogen) atoms. The van der Waals surface area contributed by atoms with Gasteiger partial charge in [0, 0.05) is 12.6 Å². The second-order valence-electron chi connectivity index (χ2n) is 7.00. The van der Waals surface area contributed by atoms with Crippen molar-refractivity contribution in [2.45, 2.75) is 38.6 Å². The van der Waals surface area contributed by atoms with Crippen molar-refractivity contribution in [2.24, 2.45) is 0 Å². The largest absolute Gasteiger partial charge is 0.336 e. The van der Waals surface area contributed by atoms with Crippen LogP contribution in [0.5, 0.6) is 0 Å². The summed E-state index contributed by atoms with van der Waals surface area (Å²) in [6, 6.07) is 13.8. The summed E-state index contributed by atoms with van der Waals surface area (Å²) in [5.41, 5.74) is 1.37. The minimum Gasteiger partial charge on any atom is -0.336 e. The van der Waals surface area contributed by atoms with Gasteiger partial charge >= 0.3 is 0 Å². The van der Waals surface area contributed by atoms with Crippen LogP contribution in [0.25, 0.3) is 22.8 Å². The molecule has 0 bridgehead atoms. The van der Waals surface area contributed by atoms with Gasteiger partial charge in [0.1, 0.15) is 5.82 Å². The number of likely N-dealkylation sites (tertiary alicyclic amines) is 1. The number of aromatic nitrogens is 2. The van der Waals surface area contributed by atoms with E-state index in [1.54, 1.807) is 30.3 Å². The smallest absolute Gasteiger partial charge is 0.259 e. The van der Waals surface area contributed by atoms with Crippen LogP contribution < -0.4 is 0 Å². The standard InChI is InChI=1S/C22H22FN3O2/c1-2-15-9-7-8-14-26(15)22(27)17-11-4-3-10-16(17)21-24-20(25-28-21)18-12-5-6-13-19(18)23/h3-6,10-13,15H,2,7-9,14H2,1H3/t15-/m0/s1. The lowest BCUT2D eigenvalue weighted by molar-refractivity contribution is 0.0608. The fourth-order valence-corrected chi connectivity index (χ4v) is 3.79. The topological polar surface area (TPSA) is 59.2 Å². The van der Waals surface area contributed by atoms with Gasteiger partial charge in [0.05, 0.1) is 16.7 Å². The Hall–Kier alpha value is -3.02. The van der Waals surface area contributed by atoms with Crippen LogP contribution in [0.1, 0.15) is 43.0 Å². The van der Waals surface area contributed by atoms with E-state index in [1.165, 1.54) is 6.07 Å². The SMILES string of the molecule is CC[C@H]1CCCCN1C(=O)c1ccccc1-c1nc(-c2ccccc2F)no1. The Labute approximate surface area is 163 Å². The summed E-state index contributed by atoms with van der Waals surface area (Å²) in [6.07, 6.45) is 4.14. The number of rotatable bonds is 4. The molecule has 4 rings (SSSR count). The Balaban J connectivity index is 1.69. The van der Waals surface area contributed by atoms with Crippen molar-refractivity contribution in [3.63, 3.8) is 0 Å². The molecule has 6 heteroatoms. The number of hydrogen-bond acceptors (Lipinski definition) is 4. The predicted octanol–water partition coefficient (Wildman–Crippen LogP) is 4.95. The van der Waals surface area contributed by atoms with E-state index in [2.05, 4.69) is 17.1 Å². The molecule has 0 radical (unpaired) electrons. The molecular weight excluding hydrogens is 357 g/mol. The number of amides is 1. The Kier molecular flexibility index (Phi) is 5.19. The number of carbonyl (C=O) groups excluding carboxylic acids is 1. The molecule has 2 aromatic carbocycles. The van der Waals surface area contributed by atoms with Crippen LogP contribution in [0.3, 0.4) is 0 Å². The molecule has 2 heterocycles. The van der Waals surface area contributed by atoms with E-state index in [9.17, 15) is 9.18 Å². The first-order valence-electron chi connectivity index (χ1n) is 9.68. The van der Waals surface area contributed by atoms with Gasteiger partial charge in [-0.3, -0.25) is 4.79 Å². The Morgan fingerprint density at radius 2 is 1.89 bits per heavy atom. The molecule has 0 spiro atoms. The average molecular weight is 379 g/mol. The van der Waals surface area contributed by atoms with E-state index in [0.717, 1.165) is 32.2 Å². The summed E-state index contributed by atoms with van der Waals surface area (Å²) in [6.45, 7) is 2.87. The van der Waals surface area contributed by atoms with Crippen molar-refractivity contribution in [3.05, 3.63) is 59.9 Å². The molecule has 0 unspecified atom stereocenters. The molecule has 1 aliphatic heterocycles.